The van der Waals surface area contributed by atoms with Crippen LogP contribution in [-0.4, -0.2) is 137 Å². The molecule has 0 aliphatic heterocycles. The van der Waals surface area contributed by atoms with Gasteiger partial charge in [-0.05, 0) is 27.2 Å². The average molecular weight is 626 g/mol. The summed E-state index contributed by atoms with van der Waals surface area (Å²) in [6.45, 7) is 15.6. The fraction of sp³-hybridized carbons (Fsp3) is 0.933. The molecule has 13 heteroatoms. The lowest BCUT2D eigenvalue weighted by Crippen LogP contribution is -2.34. The van der Waals surface area contributed by atoms with Crippen LogP contribution in [0.5, 0.6) is 0 Å². The molecule has 0 fully saturated rings. The van der Waals surface area contributed by atoms with E-state index < -0.39 is 11.7 Å². The van der Waals surface area contributed by atoms with Crippen molar-refractivity contribution in [3.63, 3.8) is 0 Å². The van der Waals surface area contributed by atoms with Gasteiger partial charge in [0.1, 0.15) is 12.2 Å². The fourth-order valence-electron chi connectivity index (χ4n) is 3.16. The van der Waals surface area contributed by atoms with Crippen LogP contribution in [0.25, 0.3) is 0 Å². The minimum atomic E-state index is -0.511. The maximum Gasteiger partial charge on any atom is 0.407 e. The SMILES string of the molecule is CCCCCCC(=O)OCCOCCOCCOCCOCCOCCOCCOCCOCCNC(=O)OC(C)(C)C. The molecule has 0 saturated carbocycles. The van der Waals surface area contributed by atoms with Crippen molar-refractivity contribution in [2.45, 2.75) is 65.4 Å². The van der Waals surface area contributed by atoms with Crippen LogP contribution in [0.3, 0.4) is 0 Å². The number of amides is 1. The molecule has 13 nitrogen and oxygen atoms in total. The average Bonchev–Trinajstić information content (AvgIpc) is 2.95. The van der Waals surface area contributed by atoms with Gasteiger partial charge in [-0.1, -0.05) is 26.2 Å². The number of hydrogen-bond acceptors (Lipinski definition) is 12. The first-order valence-corrected chi connectivity index (χ1v) is 15.6. The van der Waals surface area contributed by atoms with Crippen LogP contribution in [0.4, 0.5) is 4.79 Å². The summed E-state index contributed by atoms with van der Waals surface area (Å²) in [6, 6.07) is 0. The van der Waals surface area contributed by atoms with Crippen LogP contribution >= 0.6 is 0 Å². The Morgan fingerprint density at radius 2 is 0.884 bits per heavy atom. The van der Waals surface area contributed by atoms with E-state index in [0.29, 0.717) is 119 Å². The molecule has 0 aliphatic carbocycles. The van der Waals surface area contributed by atoms with Crippen molar-refractivity contribution in [3.8, 4) is 0 Å². The predicted octanol–water partition coefficient (Wildman–Crippen LogP) is 3.16. The zero-order valence-corrected chi connectivity index (χ0v) is 27.2. The van der Waals surface area contributed by atoms with Crippen molar-refractivity contribution in [1.82, 2.24) is 5.32 Å². The number of alkyl carbamates (subject to hydrolysis) is 1. The summed E-state index contributed by atoms with van der Waals surface area (Å²) in [4.78, 5) is 23.0. The van der Waals surface area contributed by atoms with Crippen molar-refractivity contribution in [3.05, 3.63) is 0 Å². The second-order valence-electron chi connectivity index (χ2n) is 10.4. The molecule has 0 atom stereocenters. The third kappa shape index (κ3) is 36.5. The summed E-state index contributed by atoms with van der Waals surface area (Å²) in [6.07, 6.45) is 4.29. The normalized spacial score (nSPS) is 11.5. The van der Waals surface area contributed by atoms with Crippen molar-refractivity contribution < 1.29 is 57.0 Å². The Kier molecular flexibility index (Phi) is 30.7. The molecule has 0 aliphatic rings. The Morgan fingerprint density at radius 1 is 0.512 bits per heavy atom. The van der Waals surface area contributed by atoms with Gasteiger partial charge in [0.05, 0.1) is 106 Å². The molecule has 0 heterocycles. The van der Waals surface area contributed by atoms with Crippen LogP contribution in [0.15, 0.2) is 0 Å². The van der Waals surface area contributed by atoms with Gasteiger partial charge in [-0.25, -0.2) is 4.79 Å². The maximum atomic E-state index is 11.5. The predicted molar refractivity (Wildman–Crippen MR) is 161 cm³/mol. The van der Waals surface area contributed by atoms with E-state index in [2.05, 4.69) is 12.2 Å². The lowest BCUT2D eigenvalue weighted by molar-refractivity contribution is -0.145. The first-order valence-electron chi connectivity index (χ1n) is 15.6. The molecule has 43 heavy (non-hydrogen) atoms. The lowest BCUT2D eigenvalue weighted by Gasteiger charge is -2.19. The van der Waals surface area contributed by atoms with Crippen molar-refractivity contribution in [1.29, 1.82) is 0 Å². The third-order valence-corrected chi connectivity index (χ3v) is 5.24. The Morgan fingerprint density at radius 3 is 1.26 bits per heavy atom. The quantitative estimate of drug-likeness (QED) is 0.0868. The first kappa shape index (κ1) is 41.4. The highest BCUT2D eigenvalue weighted by Crippen LogP contribution is 2.06. The van der Waals surface area contributed by atoms with Gasteiger partial charge < -0.3 is 52.7 Å². The molecule has 0 aromatic heterocycles. The summed E-state index contributed by atoms with van der Waals surface area (Å²) < 4.78 is 53.7. The van der Waals surface area contributed by atoms with Crippen molar-refractivity contribution in [2.75, 3.05) is 119 Å². The number of unbranched alkanes of at least 4 members (excludes halogenated alkanes) is 3. The number of esters is 1. The molecule has 0 radical (unpaired) electrons. The van der Waals surface area contributed by atoms with Crippen LogP contribution in [0.1, 0.15) is 59.8 Å². The molecule has 0 aromatic carbocycles. The van der Waals surface area contributed by atoms with Crippen LogP contribution in [0.2, 0.25) is 0 Å². The van der Waals surface area contributed by atoms with Gasteiger partial charge in [0.15, 0.2) is 0 Å². The Balaban J connectivity index is 3.14. The summed E-state index contributed by atoms with van der Waals surface area (Å²) >= 11 is 0. The number of rotatable bonds is 32. The summed E-state index contributed by atoms with van der Waals surface area (Å²) in [5, 5.41) is 2.63. The van der Waals surface area contributed by atoms with Gasteiger partial charge in [-0.3, -0.25) is 4.79 Å². The fourth-order valence-corrected chi connectivity index (χ4v) is 3.16. The second kappa shape index (κ2) is 31.8. The Labute approximate surface area is 258 Å². The number of nitrogens with one attached hydrogen (secondary N) is 1. The van der Waals surface area contributed by atoms with Gasteiger partial charge >= 0.3 is 12.1 Å². The third-order valence-electron chi connectivity index (χ3n) is 5.24. The topological polar surface area (TPSA) is 138 Å². The largest absolute Gasteiger partial charge is 0.463 e. The smallest absolute Gasteiger partial charge is 0.407 e. The van der Waals surface area contributed by atoms with E-state index in [9.17, 15) is 9.59 Å². The Bertz CT molecular complexity index is 618. The van der Waals surface area contributed by atoms with Gasteiger partial charge in [-0.15, -0.1) is 0 Å². The molecule has 1 N–H and O–H groups in total. The number of hydrogen-bond donors (Lipinski definition) is 1. The minimum absolute atomic E-state index is 0.156. The standard InChI is InChI=1S/C30H59NO12/c1-5-6-7-8-9-28(32)42-27-26-41-25-24-40-23-22-39-21-20-38-19-18-37-17-16-36-15-14-35-13-12-34-11-10-31-29(33)43-30(2,3)4/h5-27H2,1-4H3,(H,31,33). The highest BCUT2D eigenvalue weighted by Gasteiger charge is 2.15. The van der Waals surface area contributed by atoms with Crippen molar-refractivity contribution in [2.24, 2.45) is 0 Å². The number of carbonyl (C=O) groups excluding carboxylic acids is 2. The molecule has 1 amide bonds. The van der Waals surface area contributed by atoms with Gasteiger partial charge in [-0.2, -0.15) is 0 Å². The molecule has 0 bridgehead atoms. The van der Waals surface area contributed by atoms with E-state index in [1.165, 1.54) is 0 Å². The van der Waals surface area contributed by atoms with Crippen LogP contribution in [-0.2, 0) is 52.2 Å². The van der Waals surface area contributed by atoms with Crippen LogP contribution < -0.4 is 5.32 Å². The van der Waals surface area contributed by atoms with E-state index in [1.807, 2.05) is 20.8 Å². The van der Waals surface area contributed by atoms with E-state index in [0.717, 1.165) is 25.7 Å². The van der Waals surface area contributed by atoms with E-state index in [-0.39, 0.29) is 12.6 Å². The van der Waals surface area contributed by atoms with Gasteiger partial charge in [0.25, 0.3) is 0 Å². The summed E-state index contributed by atoms with van der Waals surface area (Å²) in [5.74, 6) is -0.156. The van der Waals surface area contributed by atoms with Crippen molar-refractivity contribution >= 4 is 12.1 Å². The van der Waals surface area contributed by atoms with Gasteiger partial charge in [0, 0.05) is 13.0 Å². The maximum absolute atomic E-state index is 11.5. The molecule has 0 spiro atoms. The highest BCUT2D eigenvalue weighted by atomic mass is 16.6. The Hall–Kier alpha value is -1.58. The molecule has 256 valence electrons. The molecule has 0 saturated heterocycles. The molecule has 0 unspecified atom stereocenters. The first-order chi connectivity index (χ1) is 20.8. The van der Waals surface area contributed by atoms with E-state index >= 15 is 0 Å². The monoisotopic (exact) mass is 625 g/mol. The zero-order valence-electron chi connectivity index (χ0n) is 27.2. The number of carbonyl (C=O) groups is 2. The molecular formula is C30H59NO12. The molecule has 0 rings (SSSR count). The van der Waals surface area contributed by atoms with Crippen LogP contribution in [0, 0.1) is 0 Å². The summed E-state index contributed by atoms with van der Waals surface area (Å²) in [7, 11) is 0. The molecular weight excluding hydrogens is 566 g/mol. The van der Waals surface area contributed by atoms with E-state index in [1.54, 1.807) is 0 Å². The van der Waals surface area contributed by atoms with Gasteiger partial charge in [0.2, 0.25) is 0 Å². The second-order valence-corrected chi connectivity index (χ2v) is 10.4. The minimum Gasteiger partial charge on any atom is -0.463 e. The summed E-state index contributed by atoms with van der Waals surface area (Å²) in [5.41, 5.74) is -0.511. The lowest BCUT2D eigenvalue weighted by atomic mass is 10.2. The highest BCUT2D eigenvalue weighted by molar-refractivity contribution is 5.69. The number of ether oxygens (including phenoxy) is 10. The molecule has 0 aromatic rings. The zero-order chi connectivity index (χ0) is 31.7. The van der Waals surface area contributed by atoms with E-state index in [4.69, 9.17) is 47.4 Å².